The van der Waals surface area contributed by atoms with Gasteiger partial charge in [0.15, 0.2) is 35.7 Å². The molecular weight excluding hydrogens is 538 g/mol. The van der Waals surface area contributed by atoms with Crippen LogP contribution in [-0.4, -0.2) is 71.6 Å². The van der Waals surface area contributed by atoms with Gasteiger partial charge >= 0.3 is 0 Å². The molecule has 2 aromatic carbocycles. The number of halogens is 1. The smallest absolute Gasteiger partial charge is 0.262 e. The van der Waals surface area contributed by atoms with Crippen molar-refractivity contribution in [3.63, 3.8) is 0 Å². The average Bonchev–Trinajstić information content (AvgIpc) is 3.34. The molecule has 0 spiro atoms. The number of benzene rings is 2. The highest BCUT2D eigenvalue weighted by Crippen LogP contribution is 2.43. The maximum Gasteiger partial charge on any atom is 0.262 e. The molecule has 10 nitrogen and oxygen atoms in total. The maximum atomic E-state index is 10.6. The molecule has 4 atom stereocenters. The van der Waals surface area contributed by atoms with Crippen molar-refractivity contribution >= 4 is 10.8 Å². The van der Waals surface area contributed by atoms with Crippen molar-refractivity contribution in [1.82, 2.24) is 0 Å². The lowest BCUT2D eigenvalue weighted by Crippen LogP contribution is -3.00. The zero-order valence-electron chi connectivity index (χ0n) is 19.4. The fourth-order valence-corrected chi connectivity index (χ4v) is 4.98. The summed E-state index contributed by atoms with van der Waals surface area (Å²) in [6.07, 6.45) is -1.83. The van der Waals surface area contributed by atoms with Gasteiger partial charge in [-0.3, -0.25) is 0 Å². The van der Waals surface area contributed by atoms with Crippen molar-refractivity contribution in [2.45, 2.75) is 37.1 Å². The van der Waals surface area contributed by atoms with Crippen LogP contribution in [0.5, 0.6) is 23.0 Å². The van der Waals surface area contributed by atoms with Gasteiger partial charge in [-0.2, -0.15) is 4.57 Å². The number of aromatic nitrogens is 1. The van der Waals surface area contributed by atoms with Gasteiger partial charge in [0.25, 0.3) is 5.79 Å². The molecule has 0 radical (unpaired) electrons. The summed E-state index contributed by atoms with van der Waals surface area (Å²) in [6, 6.07) is 9.68. The summed E-state index contributed by atoms with van der Waals surface area (Å²) in [5.41, 5.74) is 3.22. The van der Waals surface area contributed by atoms with Crippen LogP contribution in [0.1, 0.15) is 5.56 Å². The number of hydrogen-bond donors (Lipinski definition) is 4. The molecule has 3 aromatic rings. The quantitative estimate of drug-likeness (QED) is 0.250. The minimum atomic E-state index is -1.98. The number of ether oxygens (including phenoxy) is 5. The van der Waals surface area contributed by atoms with E-state index >= 15 is 0 Å². The molecule has 0 bridgehead atoms. The minimum absolute atomic E-state index is 0. The summed E-state index contributed by atoms with van der Waals surface area (Å²) in [4.78, 5) is 0. The Labute approximate surface area is 216 Å². The molecule has 0 aliphatic carbocycles. The number of methoxy groups -OCH3 is 1. The van der Waals surface area contributed by atoms with Crippen LogP contribution in [0, 0.1) is 0 Å². The Kier molecular flexibility index (Phi) is 6.48. The summed E-state index contributed by atoms with van der Waals surface area (Å²) >= 11 is 0. The summed E-state index contributed by atoms with van der Waals surface area (Å²) < 4.78 is 30.4. The van der Waals surface area contributed by atoms with E-state index in [4.69, 9.17) is 23.7 Å². The van der Waals surface area contributed by atoms with E-state index in [1.807, 2.05) is 30.5 Å². The first kappa shape index (κ1) is 25.0. The van der Waals surface area contributed by atoms with Crippen LogP contribution in [0.25, 0.3) is 22.0 Å². The van der Waals surface area contributed by atoms with Crippen molar-refractivity contribution in [2.75, 3.05) is 27.1 Å². The van der Waals surface area contributed by atoms with Crippen LogP contribution in [0.4, 0.5) is 0 Å². The highest BCUT2D eigenvalue weighted by Gasteiger charge is 2.52. The molecule has 1 aromatic heterocycles. The summed E-state index contributed by atoms with van der Waals surface area (Å²) in [7, 11) is 1.49. The molecule has 192 valence electrons. The predicted octanol–water partition coefficient (Wildman–Crippen LogP) is -2.73. The highest BCUT2D eigenvalue weighted by atomic mass is 79.9. The van der Waals surface area contributed by atoms with Gasteiger partial charge in [0, 0.05) is 12.5 Å². The Morgan fingerprint density at radius 3 is 2.64 bits per heavy atom. The van der Waals surface area contributed by atoms with Crippen molar-refractivity contribution in [3.8, 4) is 34.3 Å². The van der Waals surface area contributed by atoms with Crippen LogP contribution in [0.2, 0.25) is 0 Å². The van der Waals surface area contributed by atoms with Crippen LogP contribution in [0.3, 0.4) is 0 Å². The van der Waals surface area contributed by atoms with Gasteiger partial charge < -0.3 is 61.1 Å². The molecule has 0 amide bonds. The zero-order chi connectivity index (χ0) is 24.3. The number of nitrogens with zero attached hydrogens (tertiary/aromatic N) is 1. The molecule has 0 saturated carbocycles. The van der Waals surface area contributed by atoms with E-state index < -0.39 is 30.7 Å². The second-order valence-corrected chi connectivity index (χ2v) is 8.95. The monoisotopic (exact) mass is 563 g/mol. The predicted molar refractivity (Wildman–Crippen MR) is 120 cm³/mol. The first-order valence-corrected chi connectivity index (χ1v) is 11.4. The number of hydrogen-bond acceptors (Lipinski definition) is 9. The molecule has 11 heteroatoms. The Morgan fingerprint density at radius 2 is 1.89 bits per heavy atom. The lowest BCUT2D eigenvalue weighted by molar-refractivity contribution is -0.686. The second kappa shape index (κ2) is 9.33. The Morgan fingerprint density at radius 1 is 1.11 bits per heavy atom. The molecule has 3 aliphatic heterocycles. The SMILES string of the molecule is COc1ccc2cc3[n+](cc2c1O[C@]1(CO)OC[C@@H](O)[C@@H](O)[C@@H]1O)CCc1cc2c(cc1-3)OCO2.[Br-]. The minimum Gasteiger partial charge on any atom is -1.00 e. The van der Waals surface area contributed by atoms with E-state index in [1.54, 1.807) is 6.07 Å². The largest absolute Gasteiger partial charge is 1.00 e. The first-order valence-electron chi connectivity index (χ1n) is 11.4. The molecule has 4 N–H and O–H groups in total. The number of aliphatic hydroxyl groups is 4. The van der Waals surface area contributed by atoms with Gasteiger partial charge in [0.1, 0.15) is 24.9 Å². The number of rotatable bonds is 4. The van der Waals surface area contributed by atoms with Gasteiger partial charge in [-0.05, 0) is 35.2 Å². The molecule has 1 saturated heterocycles. The van der Waals surface area contributed by atoms with Crippen LogP contribution >= 0.6 is 0 Å². The normalized spacial score (nSPS) is 26.1. The van der Waals surface area contributed by atoms with Crippen molar-refractivity contribution in [2.24, 2.45) is 0 Å². The van der Waals surface area contributed by atoms with Gasteiger partial charge in [0.05, 0.1) is 24.7 Å². The van der Waals surface area contributed by atoms with Crippen LogP contribution in [0.15, 0.2) is 36.5 Å². The van der Waals surface area contributed by atoms with Gasteiger partial charge in [0.2, 0.25) is 12.5 Å². The van der Waals surface area contributed by atoms with E-state index in [-0.39, 0.29) is 36.1 Å². The fraction of sp³-hybridized carbons (Fsp3) is 0.400. The Hall–Kier alpha value is -2.67. The van der Waals surface area contributed by atoms with Crippen molar-refractivity contribution in [3.05, 3.63) is 42.1 Å². The Balaban J connectivity index is 0.00000267. The summed E-state index contributed by atoms with van der Waals surface area (Å²) in [5, 5.41) is 42.4. The van der Waals surface area contributed by atoms with Crippen molar-refractivity contribution in [1.29, 1.82) is 0 Å². The molecule has 36 heavy (non-hydrogen) atoms. The Bertz CT molecular complexity index is 1320. The molecule has 4 heterocycles. The van der Waals surface area contributed by atoms with E-state index in [0.29, 0.717) is 23.4 Å². The number of aryl methyl sites for hydroxylation is 2. The van der Waals surface area contributed by atoms with E-state index in [2.05, 4.69) is 4.57 Å². The topological polar surface area (TPSA) is 131 Å². The standard InChI is InChI=1S/C25H26NO9.BrH/c1-31-19-3-2-13-6-17-15-8-21-20(32-12-33-21)7-14(15)4-5-26(17)9-16(13)23(19)35-25(11-27)24(30)22(29)18(28)10-34-25;/h2-3,6-9,18,22,24,27-30H,4-5,10-12H2,1H3;1H/q+1;/p-1/t18-,22-,24+,25+;/m1./s1. The van der Waals surface area contributed by atoms with E-state index in [1.165, 1.54) is 12.7 Å². The summed E-state index contributed by atoms with van der Waals surface area (Å²) in [6.45, 7) is -0.147. The number of pyridine rings is 1. The van der Waals surface area contributed by atoms with Gasteiger partial charge in [-0.25, -0.2) is 0 Å². The van der Waals surface area contributed by atoms with Crippen LogP contribution < -0.4 is 40.5 Å². The lowest BCUT2D eigenvalue weighted by Gasteiger charge is -2.43. The van der Waals surface area contributed by atoms with E-state index in [9.17, 15) is 20.4 Å². The third kappa shape index (κ3) is 3.78. The van der Waals surface area contributed by atoms with Gasteiger partial charge in [-0.15, -0.1) is 0 Å². The lowest BCUT2D eigenvalue weighted by atomic mass is 9.95. The third-order valence-corrected chi connectivity index (χ3v) is 6.96. The third-order valence-electron chi connectivity index (χ3n) is 6.96. The molecule has 3 aliphatic rings. The highest BCUT2D eigenvalue weighted by molar-refractivity contribution is 5.91. The zero-order valence-corrected chi connectivity index (χ0v) is 21.0. The van der Waals surface area contributed by atoms with Crippen molar-refractivity contribution < 1.29 is 65.7 Å². The average molecular weight is 564 g/mol. The van der Waals surface area contributed by atoms with Gasteiger partial charge in [-0.1, -0.05) is 0 Å². The fourth-order valence-electron chi connectivity index (χ4n) is 4.98. The second-order valence-electron chi connectivity index (χ2n) is 8.95. The number of fused-ring (bicyclic) bond motifs is 5. The maximum absolute atomic E-state index is 10.6. The number of aliphatic hydroxyl groups excluding tert-OH is 4. The molecule has 1 fully saturated rings. The molecule has 6 rings (SSSR count). The molecule has 0 unspecified atom stereocenters. The molecular formula is C25H26BrNO9. The van der Waals surface area contributed by atoms with Crippen LogP contribution in [-0.2, 0) is 17.7 Å². The van der Waals surface area contributed by atoms with E-state index in [0.717, 1.165) is 28.8 Å². The summed E-state index contributed by atoms with van der Waals surface area (Å²) in [5.74, 6) is 0.0946. The first-order chi connectivity index (χ1) is 16.9.